The number of benzene rings is 4. The molecule has 4 aromatic rings. The van der Waals surface area contributed by atoms with Crippen LogP contribution < -0.4 is 4.74 Å². The number of rotatable bonds is 15. The van der Waals surface area contributed by atoms with E-state index in [4.69, 9.17) is 30.1 Å². The number of aliphatic hydroxyl groups excluding tert-OH is 4. The van der Waals surface area contributed by atoms with Crippen molar-refractivity contribution in [3.63, 3.8) is 0 Å². The van der Waals surface area contributed by atoms with Crippen LogP contribution >= 0.6 is 31.8 Å². The molecular weight excluding hydrogens is 798 g/mol. The molecular formula is C40H54BrO9P2S+. The molecule has 0 spiro atoms. The summed E-state index contributed by atoms with van der Waals surface area (Å²) in [6, 6.07) is 32.5. The number of methoxy groups -OCH3 is 1. The molecule has 9 nitrogen and oxygen atoms in total. The summed E-state index contributed by atoms with van der Waals surface area (Å²) < 4.78 is 35.7. The molecule has 290 valence electrons. The van der Waals surface area contributed by atoms with Gasteiger partial charge in [-0.15, -0.1) is 0 Å². The topological polar surface area (TPSA) is 127 Å². The van der Waals surface area contributed by atoms with Crippen molar-refractivity contribution < 1.29 is 44.1 Å². The number of hydrogen-bond acceptors (Lipinski definition) is 10. The second kappa shape index (κ2) is 29.1. The van der Waals surface area contributed by atoms with Gasteiger partial charge in [0.2, 0.25) is 0 Å². The summed E-state index contributed by atoms with van der Waals surface area (Å²) in [4.78, 5) is 0. The van der Waals surface area contributed by atoms with Crippen LogP contribution in [0, 0.1) is 0 Å². The molecule has 0 radical (unpaired) electrons. The van der Waals surface area contributed by atoms with Gasteiger partial charge in [0.05, 0.1) is 49.1 Å². The van der Waals surface area contributed by atoms with Crippen LogP contribution in [0.15, 0.2) is 108 Å². The number of hydrogen-bond donors (Lipinski definition) is 4. The zero-order valence-electron chi connectivity index (χ0n) is 31.3. The summed E-state index contributed by atoms with van der Waals surface area (Å²) in [5, 5.41) is 37.5. The van der Waals surface area contributed by atoms with Crippen molar-refractivity contribution in [1.29, 1.82) is 1.28 Å². The van der Waals surface area contributed by atoms with Crippen LogP contribution in [-0.2, 0) is 44.0 Å². The first-order valence-corrected chi connectivity index (χ1v) is 21.7. The van der Waals surface area contributed by atoms with E-state index < -0.39 is 19.2 Å². The summed E-state index contributed by atoms with van der Waals surface area (Å²) in [5.74, 6) is 0.673. The van der Waals surface area contributed by atoms with Gasteiger partial charge >= 0.3 is 1.28 Å². The van der Waals surface area contributed by atoms with Crippen LogP contribution in [0.25, 0.3) is 0 Å². The summed E-state index contributed by atoms with van der Waals surface area (Å²) in [7, 11) is 3.81. The van der Waals surface area contributed by atoms with Crippen LogP contribution in [0.2, 0.25) is 0 Å². The fourth-order valence-electron chi connectivity index (χ4n) is 5.19. The lowest BCUT2D eigenvalue weighted by molar-refractivity contribution is -0.196. The minimum absolute atomic E-state index is 0.0100. The van der Waals surface area contributed by atoms with Gasteiger partial charge in [0.25, 0.3) is 0 Å². The molecule has 0 saturated carbocycles. The molecule has 1 aliphatic rings. The van der Waals surface area contributed by atoms with E-state index in [1.807, 2.05) is 103 Å². The van der Waals surface area contributed by atoms with Crippen molar-refractivity contribution in [2.45, 2.75) is 64.0 Å². The zero-order chi connectivity index (χ0) is 39.6. The molecule has 4 aromatic carbocycles. The maximum absolute atomic E-state index is 10.3. The standard InChI is InChI=1S/C25H27BrO5.C13H18O3.C2H6O.H2P2S/c1-29-25-20(14-30-16-23(27)18-8-4-2-5-9-18)12-22(26)13-21(25)15-31-17-24(28)19-10-6-3-7-11-19;14-10-12(11-6-2-1-3-7-11)16-13-8-4-5-9-15-13;2*1-2-3/h2-13,23-24,27-28H,14-17H2,1H3;1-3,6-7,12-14H,4-5,8-10H2;3H,2H2,1H3;1H2/p+1/t23-,24-;12-,13?;;/m10../s1/i/hT. The van der Waals surface area contributed by atoms with Gasteiger partial charge in [0.1, 0.15) is 24.1 Å². The number of halogens is 1. The van der Waals surface area contributed by atoms with Crippen LogP contribution in [-0.4, -0.2) is 68.1 Å². The Labute approximate surface area is 333 Å². The summed E-state index contributed by atoms with van der Waals surface area (Å²) in [5.41, 5.74) is 4.32. The molecule has 0 aliphatic carbocycles. The van der Waals surface area contributed by atoms with Gasteiger partial charge in [-0.2, -0.15) is 0 Å². The quantitative estimate of drug-likeness (QED) is 0.0872. The monoisotopic (exact) mass is 853 g/mol. The third-order valence-electron chi connectivity index (χ3n) is 7.64. The van der Waals surface area contributed by atoms with E-state index in [1.54, 1.807) is 14.0 Å². The molecule has 6 atom stereocenters. The Kier molecular flexibility index (Phi) is 24.8. The Morgan fingerprint density at radius 3 is 1.66 bits per heavy atom. The van der Waals surface area contributed by atoms with Crippen LogP contribution in [0.1, 0.15) is 72.3 Å². The SMILES string of the molecule is CCO.COc1c(COC[C@@H](O)c2ccccc2)cc(Br)cc1COC[C@@H](O)c1ccccc1.OC[C@H](OC1CCCCO1)c1ccccc1.[3H][P+](P)=S. The van der Waals surface area contributed by atoms with Crippen molar-refractivity contribution in [3.05, 3.63) is 135 Å². The minimum Gasteiger partial charge on any atom is -0.496 e. The van der Waals surface area contributed by atoms with Gasteiger partial charge in [-0.3, -0.25) is 0 Å². The second-order valence-corrected chi connectivity index (χ2v) is 15.2. The molecule has 1 aliphatic heterocycles. The Bertz CT molecular complexity index is 1480. The lowest BCUT2D eigenvalue weighted by Crippen LogP contribution is -2.25. The fourth-order valence-corrected chi connectivity index (χ4v) is 5.74. The molecule has 53 heavy (non-hydrogen) atoms. The first-order chi connectivity index (χ1) is 26.1. The predicted molar refractivity (Wildman–Crippen MR) is 222 cm³/mol. The average Bonchev–Trinajstić information content (AvgIpc) is 3.18. The third kappa shape index (κ3) is 18.8. The first kappa shape index (κ1) is 45.2. The van der Waals surface area contributed by atoms with Gasteiger partial charge in [-0.25, -0.2) is 0 Å². The van der Waals surface area contributed by atoms with Gasteiger partial charge < -0.3 is 44.1 Å². The Morgan fingerprint density at radius 2 is 1.28 bits per heavy atom. The second-order valence-electron chi connectivity index (χ2n) is 11.6. The van der Waals surface area contributed by atoms with Crippen LogP contribution in [0.3, 0.4) is 0 Å². The number of ether oxygens (including phenoxy) is 5. The molecule has 4 N–H and O–H groups in total. The van der Waals surface area contributed by atoms with E-state index in [2.05, 4.69) is 36.7 Å². The highest BCUT2D eigenvalue weighted by Crippen LogP contribution is 2.31. The molecule has 13 heteroatoms. The maximum Gasteiger partial charge on any atom is 0.355 e. The highest BCUT2D eigenvalue weighted by atomic mass is 79.9. The predicted octanol–water partition coefficient (Wildman–Crippen LogP) is 8.14. The van der Waals surface area contributed by atoms with Crippen molar-refractivity contribution in [2.75, 3.05) is 40.1 Å². The fraction of sp³-hybridized carbons (Fsp3) is 0.400. The highest BCUT2D eigenvalue weighted by molar-refractivity contribution is 9.10. The van der Waals surface area contributed by atoms with Gasteiger partial charge in [0.15, 0.2) is 25.1 Å². The maximum atomic E-state index is 10.3. The zero-order valence-corrected chi connectivity index (χ0v) is 34.8. The molecule has 0 bridgehead atoms. The molecule has 0 amide bonds. The molecule has 1 saturated heterocycles. The van der Waals surface area contributed by atoms with E-state index >= 15 is 0 Å². The molecule has 5 rings (SSSR count). The normalized spacial score (nSPS) is 15.7. The van der Waals surface area contributed by atoms with E-state index in [-0.39, 0.29) is 52.0 Å². The largest absolute Gasteiger partial charge is 0.496 e. The van der Waals surface area contributed by atoms with Crippen LogP contribution in [0.4, 0.5) is 0 Å². The summed E-state index contributed by atoms with van der Waals surface area (Å²) >= 11 is 7.84. The smallest absolute Gasteiger partial charge is 0.355 e. The Hall–Kier alpha value is -2.21. The molecule has 3 unspecified atom stereocenters. The lowest BCUT2D eigenvalue weighted by atomic mass is 10.1. The molecule has 1 heterocycles. The van der Waals surface area contributed by atoms with E-state index in [0.29, 0.717) is 5.75 Å². The van der Waals surface area contributed by atoms with Crippen molar-refractivity contribution >= 4 is 43.7 Å². The minimum atomic E-state index is -0.870. The van der Waals surface area contributed by atoms with Gasteiger partial charge in [-0.05, 0) is 55.0 Å². The number of aliphatic hydroxyl groups is 4. The summed E-state index contributed by atoms with van der Waals surface area (Å²) in [6.07, 6.45) is 1.34. The molecule has 1 fully saturated rings. The van der Waals surface area contributed by atoms with Gasteiger partial charge in [0, 0.05) is 28.8 Å². The Morgan fingerprint density at radius 1 is 0.849 bits per heavy atom. The van der Waals surface area contributed by atoms with Crippen molar-refractivity contribution in [1.82, 2.24) is 0 Å². The first-order valence-electron chi connectivity index (χ1n) is 17.8. The average molecular weight is 855 g/mol. The van der Waals surface area contributed by atoms with E-state index in [1.165, 1.54) is 0 Å². The van der Waals surface area contributed by atoms with Crippen molar-refractivity contribution in [2.24, 2.45) is 0 Å². The molecule has 0 aromatic heterocycles. The third-order valence-corrected chi connectivity index (χ3v) is 8.10. The van der Waals surface area contributed by atoms with Crippen LogP contribution in [0.5, 0.6) is 5.75 Å². The highest BCUT2D eigenvalue weighted by Gasteiger charge is 2.20. The Balaban J connectivity index is 0.000000363. The van der Waals surface area contributed by atoms with Gasteiger partial charge in [-0.1, -0.05) is 107 Å². The van der Waals surface area contributed by atoms with E-state index in [9.17, 15) is 15.3 Å². The lowest BCUT2D eigenvalue weighted by Gasteiger charge is -2.27. The van der Waals surface area contributed by atoms with Crippen molar-refractivity contribution in [3.8, 4) is 5.75 Å². The van der Waals surface area contributed by atoms with E-state index in [0.717, 1.165) is 58.2 Å². The summed E-state index contributed by atoms with van der Waals surface area (Å²) in [6.45, 7) is 2.73.